The number of nitrogens with one attached hydrogen (secondary N) is 1. The standard InChI is InChI=1S/C20H18F4N2O2/c1-2-26(19(28)20(22,23)24)13-15-4-3-5-17(12-15)25-18(27)11-8-14-6-9-16(21)10-7-14/h3-12H,2,13H2,1H3,(H,25,27). The van der Waals surface area contributed by atoms with E-state index in [0.717, 1.165) is 0 Å². The molecule has 0 aliphatic carbocycles. The first kappa shape index (κ1) is 21.1. The van der Waals surface area contributed by atoms with Crippen LogP contribution in [0.1, 0.15) is 18.1 Å². The van der Waals surface area contributed by atoms with Crippen molar-refractivity contribution < 1.29 is 27.2 Å². The number of alkyl halides is 3. The van der Waals surface area contributed by atoms with Crippen LogP contribution in [0.25, 0.3) is 6.08 Å². The predicted octanol–water partition coefficient (Wildman–Crippen LogP) is 4.39. The van der Waals surface area contributed by atoms with E-state index in [1.54, 1.807) is 18.2 Å². The van der Waals surface area contributed by atoms with Crippen molar-refractivity contribution in [2.24, 2.45) is 0 Å². The molecule has 148 valence electrons. The fraction of sp³-hybridized carbons (Fsp3) is 0.200. The molecule has 0 heterocycles. The van der Waals surface area contributed by atoms with Crippen molar-refractivity contribution >= 4 is 23.6 Å². The van der Waals surface area contributed by atoms with Gasteiger partial charge in [-0.05, 0) is 48.4 Å². The molecule has 0 fully saturated rings. The largest absolute Gasteiger partial charge is 0.471 e. The van der Waals surface area contributed by atoms with Gasteiger partial charge in [0.2, 0.25) is 5.91 Å². The van der Waals surface area contributed by atoms with Gasteiger partial charge in [0, 0.05) is 24.9 Å². The topological polar surface area (TPSA) is 49.4 Å². The average Bonchev–Trinajstić information content (AvgIpc) is 2.64. The lowest BCUT2D eigenvalue weighted by Gasteiger charge is -2.22. The third kappa shape index (κ3) is 6.22. The first-order chi connectivity index (χ1) is 13.2. The molecule has 0 radical (unpaired) electrons. The van der Waals surface area contributed by atoms with Crippen molar-refractivity contribution in [3.8, 4) is 0 Å². The smallest absolute Gasteiger partial charge is 0.331 e. The van der Waals surface area contributed by atoms with E-state index in [1.807, 2.05) is 0 Å². The van der Waals surface area contributed by atoms with Gasteiger partial charge in [-0.2, -0.15) is 13.2 Å². The first-order valence-electron chi connectivity index (χ1n) is 8.38. The molecule has 0 unspecified atom stereocenters. The number of benzene rings is 2. The van der Waals surface area contributed by atoms with E-state index in [2.05, 4.69) is 5.32 Å². The second-order valence-electron chi connectivity index (χ2n) is 5.89. The summed E-state index contributed by atoms with van der Waals surface area (Å²) in [6.45, 7) is 1.12. The molecule has 28 heavy (non-hydrogen) atoms. The molecule has 8 heteroatoms. The maximum Gasteiger partial charge on any atom is 0.471 e. The molecule has 0 saturated carbocycles. The summed E-state index contributed by atoms with van der Waals surface area (Å²) in [4.78, 5) is 24.1. The van der Waals surface area contributed by atoms with Gasteiger partial charge in [-0.1, -0.05) is 24.3 Å². The van der Waals surface area contributed by atoms with Crippen LogP contribution in [0.15, 0.2) is 54.6 Å². The van der Waals surface area contributed by atoms with Gasteiger partial charge < -0.3 is 10.2 Å². The summed E-state index contributed by atoms with van der Waals surface area (Å²) in [5, 5.41) is 2.59. The van der Waals surface area contributed by atoms with Crippen LogP contribution < -0.4 is 5.32 Å². The lowest BCUT2D eigenvalue weighted by atomic mass is 10.1. The van der Waals surface area contributed by atoms with E-state index in [-0.39, 0.29) is 18.9 Å². The quantitative estimate of drug-likeness (QED) is 0.584. The number of nitrogens with zero attached hydrogens (tertiary/aromatic N) is 1. The highest BCUT2D eigenvalue weighted by Crippen LogP contribution is 2.21. The number of amides is 2. The number of hydrogen-bond donors (Lipinski definition) is 1. The zero-order valence-electron chi connectivity index (χ0n) is 15.0. The second-order valence-corrected chi connectivity index (χ2v) is 5.89. The molecule has 0 atom stereocenters. The molecule has 0 aliphatic heterocycles. The lowest BCUT2D eigenvalue weighted by molar-refractivity contribution is -0.185. The number of rotatable bonds is 6. The molecule has 0 spiro atoms. The molecular weight excluding hydrogens is 376 g/mol. The maximum atomic E-state index is 12.9. The van der Waals surface area contributed by atoms with Crippen LogP contribution in [0.3, 0.4) is 0 Å². The van der Waals surface area contributed by atoms with Crippen molar-refractivity contribution in [2.45, 2.75) is 19.6 Å². The number of hydrogen-bond acceptors (Lipinski definition) is 2. The third-order valence-electron chi connectivity index (χ3n) is 3.78. The molecule has 0 bridgehead atoms. The van der Waals surface area contributed by atoms with Gasteiger partial charge in [0.05, 0.1) is 0 Å². The van der Waals surface area contributed by atoms with Crippen molar-refractivity contribution in [3.05, 3.63) is 71.6 Å². The second kappa shape index (κ2) is 9.16. The molecule has 2 aromatic carbocycles. The summed E-state index contributed by atoms with van der Waals surface area (Å²) in [7, 11) is 0. The number of carbonyl (C=O) groups is 2. The highest BCUT2D eigenvalue weighted by Gasteiger charge is 2.41. The fourth-order valence-corrected chi connectivity index (χ4v) is 2.40. The maximum absolute atomic E-state index is 12.9. The lowest BCUT2D eigenvalue weighted by Crippen LogP contribution is -2.40. The van der Waals surface area contributed by atoms with Crippen LogP contribution in [-0.4, -0.2) is 29.4 Å². The average molecular weight is 394 g/mol. The van der Waals surface area contributed by atoms with Gasteiger partial charge in [0.1, 0.15) is 5.82 Å². The van der Waals surface area contributed by atoms with Crippen LogP contribution in [0.2, 0.25) is 0 Å². The van der Waals surface area contributed by atoms with E-state index in [9.17, 15) is 27.2 Å². The SMILES string of the molecule is CCN(Cc1cccc(NC(=O)C=Cc2ccc(F)cc2)c1)C(=O)C(F)(F)F. The van der Waals surface area contributed by atoms with Gasteiger partial charge in [0.25, 0.3) is 0 Å². The summed E-state index contributed by atoms with van der Waals surface area (Å²) < 4.78 is 50.7. The molecule has 2 rings (SSSR count). The number of carbonyl (C=O) groups excluding carboxylic acids is 2. The molecule has 0 aromatic heterocycles. The Labute approximate surface area is 159 Å². The van der Waals surface area contributed by atoms with E-state index in [0.29, 0.717) is 21.7 Å². The molecule has 2 amide bonds. The van der Waals surface area contributed by atoms with Gasteiger partial charge in [-0.3, -0.25) is 9.59 Å². The van der Waals surface area contributed by atoms with E-state index in [1.165, 1.54) is 49.4 Å². The Morgan fingerprint density at radius 2 is 1.79 bits per heavy atom. The van der Waals surface area contributed by atoms with Crippen LogP contribution >= 0.6 is 0 Å². The minimum Gasteiger partial charge on any atom is -0.331 e. The van der Waals surface area contributed by atoms with Gasteiger partial charge >= 0.3 is 12.1 Å². The summed E-state index contributed by atoms with van der Waals surface area (Å²) in [5.41, 5.74) is 1.45. The van der Waals surface area contributed by atoms with Crippen LogP contribution in [0, 0.1) is 5.82 Å². The molecule has 2 aromatic rings. The van der Waals surface area contributed by atoms with Crippen molar-refractivity contribution in [1.29, 1.82) is 0 Å². The molecule has 1 N–H and O–H groups in total. The molecule has 0 saturated heterocycles. The Kier molecular flexibility index (Phi) is 6.92. The van der Waals surface area contributed by atoms with Gasteiger partial charge in [-0.15, -0.1) is 0 Å². The summed E-state index contributed by atoms with van der Waals surface area (Å²) >= 11 is 0. The predicted molar refractivity (Wildman–Crippen MR) is 97.7 cm³/mol. The molecular formula is C20H18F4N2O2. The highest BCUT2D eigenvalue weighted by atomic mass is 19.4. The normalized spacial score (nSPS) is 11.5. The monoisotopic (exact) mass is 394 g/mol. The zero-order chi connectivity index (χ0) is 20.7. The van der Waals surface area contributed by atoms with Crippen molar-refractivity contribution in [1.82, 2.24) is 4.90 Å². The highest BCUT2D eigenvalue weighted by molar-refractivity contribution is 6.01. The summed E-state index contributed by atoms with van der Waals surface area (Å²) in [5.74, 6) is -2.75. The Bertz CT molecular complexity index is 861. The van der Waals surface area contributed by atoms with Crippen molar-refractivity contribution in [2.75, 3.05) is 11.9 Å². The van der Waals surface area contributed by atoms with Crippen LogP contribution in [0.4, 0.5) is 23.2 Å². The third-order valence-corrected chi connectivity index (χ3v) is 3.78. The minimum atomic E-state index is -4.94. The van der Waals surface area contributed by atoms with E-state index in [4.69, 9.17) is 0 Å². The summed E-state index contributed by atoms with van der Waals surface area (Å²) in [6.07, 6.45) is -2.18. The minimum absolute atomic E-state index is 0.102. The Morgan fingerprint density at radius 3 is 2.39 bits per heavy atom. The Hall–Kier alpha value is -3.16. The fourth-order valence-electron chi connectivity index (χ4n) is 2.40. The van der Waals surface area contributed by atoms with Crippen LogP contribution in [-0.2, 0) is 16.1 Å². The number of anilines is 1. The van der Waals surface area contributed by atoms with Crippen molar-refractivity contribution in [3.63, 3.8) is 0 Å². The summed E-state index contributed by atoms with van der Waals surface area (Å²) in [6, 6.07) is 11.8. The molecule has 4 nitrogen and oxygen atoms in total. The van der Waals surface area contributed by atoms with Crippen LogP contribution in [0.5, 0.6) is 0 Å². The van der Waals surface area contributed by atoms with E-state index < -0.39 is 18.0 Å². The number of halogens is 4. The van der Waals surface area contributed by atoms with Gasteiger partial charge in [0.15, 0.2) is 0 Å². The van der Waals surface area contributed by atoms with E-state index >= 15 is 0 Å². The molecule has 0 aliphatic rings. The van der Waals surface area contributed by atoms with Gasteiger partial charge in [-0.25, -0.2) is 4.39 Å². The zero-order valence-corrected chi connectivity index (χ0v) is 15.0. The Balaban J connectivity index is 2.03. The Morgan fingerprint density at radius 1 is 1.11 bits per heavy atom. The first-order valence-corrected chi connectivity index (χ1v) is 8.38.